The number of benzene rings is 2. The van der Waals surface area contributed by atoms with E-state index < -0.39 is 6.04 Å². The molecule has 156 valence electrons. The topological polar surface area (TPSA) is 49.4 Å². The minimum atomic E-state index is -0.642. The van der Waals surface area contributed by atoms with Gasteiger partial charge in [0.05, 0.1) is 6.42 Å². The SMILES string of the molecule is CC[C@H](C)NC(=O)[C@@H](C)N(Cc1cccc(Br)c1)C(=O)Cc1c(Cl)cccc1Cl. The minimum Gasteiger partial charge on any atom is -0.352 e. The summed E-state index contributed by atoms with van der Waals surface area (Å²) in [7, 11) is 0. The van der Waals surface area contributed by atoms with Gasteiger partial charge in [-0.05, 0) is 55.7 Å². The number of amides is 2. The Morgan fingerprint density at radius 3 is 2.31 bits per heavy atom. The molecule has 2 aromatic rings. The maximum absolute atomic E-state index is 13.2. The first-order valence-electron chi connectivity index (χ1n) is 9.50. The van der Waals surface area contributed by atoms with Crippen LogP contribution in [0.25, 0.3) is 0 Å². The molecule has 0 unspecified atom stereocenters. The molecular weight excluding hydrogens is 475 g/mol. The van der Waals surface area contributed by atoms with Crippen LogP contribution < -0.4 is 5.32 Å². The number of nitrogens with zero attached hydrogens (tertiary/aromatic N) is 1. The molecule has 1 N–H and O–H groups in total. The molecule has 0 aliphatic carbocycles. The Labute approximate surface area is 190 Å². The molecule has 7 heteroatoms. The zero-order valence-electron chi connectivity index (χ0n) is 16.7. The lowest BCUT2D eigenvalue weighted by Crippen LogP contribution is -2.49. The maximum atomic E-state index is 13.2. The van der Waals surface area contributed by atoms with Crippen LogP contribution in [0.3, 0.4) is 0 Å². The predicted octanol–water partition coefficient (Wildman–Crippen LogP) is 5.63. The van der Waals surface area contributed by atoms with Gasteiger partial charge < -0.3 is 10.2 Å². The summed E-state index contributed by atoms with van der Waals surface area (Å²) >= 11 is 15.9. The van der Waals surface area contributed by atoms with Gasteiger partial charge in [0.2, 0.25) is 11.8 Å². The Balaban J connectivity index is 2.29. The van der Waals surface area contributed by atoms with Gasteiger partial charge in [0, 0.05) is 27.1 Å². The average Bonchev–Trinajstić information content (AvgIpc) is 2.68. The monoisotopic (exact) mass is 498 g/mol. The maximum Gasteiger partial charge on any atom is 0.242 e. The van der Waals surface area contributed by atoms with Gasteiger partial charge >= 0.3 is 0 Å². The fourth-order valence-electron chi connectivity index (χ4n) is 2.83. The van der Waals surface area contributed by atoms with Gasteiger partial charge in [-0.2, -0.15) is 0 Å². The van der Waals surface area contributed by atoms with Crippen molar-refractivity contribution in [2.24, 2.45) is 0 Å². The van der Waals surface area contributed by atoms with Crippen molar-refractivity contribution >= 4 is 50.9 Å². The zero-order valence-corrected chi connectivity index (χ0v) is 19.8. The number of hydrogen-bond acceptors (Lipinski definition) is 2. The molecular formula is C22H25BrCl2N2O2. The van der Waals surface area contributed by atoms with Crippen molar-refractivity contribution in [1.82, 2.24) is 10.2 Å². The highest BCUT2D eigenvalue weighted by molar-refractivity contribution is 9.10. The third kappa shape index (κ3) is 6.73. The van der Waals surface area contributed by atoms with Crippen LogP contribution in [0.4, 0.5) is 0 Å². The molecule has 2 atom stereocenters. The number of nitrogens with one attached hydrogen (secondary N) is 1. The second-order valence-electron chi connectivity index (χ2n) is 7.02. The third-order valence-corrected chi connectivity index (χ3v) is 6.00. The van der Waals surface area contributed by atoms with E-state index >= 15 is 0 Å². The van der Waals surface area contributed by atoms with E-state index in [1.54, 1.807) is 30.0 Å². The molecule has 0 aliphatic rings. The van der Waals surface area contributed by atoms with Crippen molar-refractivity contribution in [3.63, 3.8) is 0 Å². The van der Waals surface area contributed by atoms with E-state index in [2.05, 4.69) is 21.2 Å². The van der Waals surface area contributed by atoms with Gasteiger partial charge in [0.15, 0.2) is 0 Å². The van der Waals surface area contributed by atoms with E-state index in [1.807, 2.05) is 38.1 Å². The van der Waals surface area contributed by atoms with Crippen LogP contribution >= 0.6 is 39.1 Å². The Morgan fingerprint density at radius 1 is 1.10 bits per heavy atom. The van der Waals surface area contributed by atoms with E-state index in [-0.39, 0.29) is 24.3 Å². The Bertz CT molecular complexity index is 855. The molecule has 0 bridgehead atoms. The van der Waals surface area contributed by atoms with Crippen molar-refractivity contribution < 1.29 is 9.59 Å². The lowest BCUT2D eigenvalue weighted by molar-refractivity contribution is -0.140. The molecule has 0 radical (unpaired) electrons. The number of carbonyl (C=O) groups excluding carboxylic acids is 2. The van der Waals surface area contributed by atoms with Crippen molar-refractivity contribution in [1.29, 1.82) is 0 Å². The van der Waals surface area contributed by atoms with Gasteiger partial charge in [-0.15, -0.1) is 0 Å². The van der Waals surface area contributed by atoms with Gasteiger partial charge in [-0.25, -0.2) is 0 Å². The highest BCUT2D eigenvalue weighted by Crippen LogP contribution is 2.26. The smallest absolute Gasteiger partial charge is 0.242 e. The molecule has 0 spiro atoms. The van der Waals surface area contributed by atoms with E-state index in [0.717, 1.165) is 16.5 Å². The fraction of sp³-hybridized carbons (Fsp3) is 0.364. The standard InChI is InChI=1S/C22H25BrCl2N2O2/c1-4-14(2)26-22(29)15(3)27(13-16-7-5-8-17(23)11-16)21(28)12-18-19(24)9-6-10-20(18)25/h5-11,14-15H,4,12-13H2,1-3H3,(H,26,29)/t14-,15+/m0/s1. The first-order valence-corrected chi connectivity index (χ1v) is 11.0. The molecule has 0 fully saturated rings. The number of halogens is 3. The summed E-state index contributed by atoms with van der Waals surface area (Å²) in [5, 5.41) is 3.82. The first-order chi connectivity index (χ1) is 13.7. The van der Waals surface area contributed by atoms with Gasteiger partial charge in [0.25, 0.3) is 0 Å². The van der Waals surface area contributed by atoms with Gasteiger partial charge in [-0.1, -0.05) is 64.3 Å². The first kappa shape index (κ1) is 23.7. The van der Waals surface area contributed by atoms with Crippen LogP contribution in [0.15, 0.2) is 46.9 Å². The normalized spacial score (nSPS) is 12.9. The van der Waals surface area contributed by atoms with Crippen LogP contribution in [0.5, 0.6) is 0 Å². The number of carbonyl (C=O) groups is 2. The zero-order chi connectivity index (χ0) is 21.6. The van der Waals surface area contributed by atoms with E-state index in [0.29, 0.717) is 22.2 Å². The van der Waals surface area contributed by atoms with Crippen molar-refractivity contribution in [2.75, 3.05) is 0 Å². The van der Waals surface area contributed by atoms with Crippen molar-refractivity contribution in [3.05, 3.63) is 68.1 Å². The molecule has 2 aromatic carbocycles. The van der Waals surface area contributed by atoms with Gasteiger partial charge in [0.1, 0.15) is 6.04 Å². The number of hydrogen-bond donors (Lipinski definition) is 1. The van der Waals surface area contributed by atoms with Crippen LogP contribution in [0, 0.1) is 0 Å². The molecule has 0 saturated carbocycles. The molecule has 29 heavy (non-hydrogen) atoms. The lowest BCUT2D eigenvalue weighted by atomic mass is 10.1. The third-order valence-electron chi connectivity index (χ3n) is 4.80. The van der Waals surface area contributed by atoms with E-state index in [1.165, 1.54) is 0 Å². The van der Waals surface area contributed by atoms with Gasteiger partial charge in [-0.3, -0.25) is 9.59 Å². The fourth-order valence-corrected chi connectivity index (χ4v) is 3.81. The minimum absolute atomic E-state index is 0.0213. The second-order valence-corrected chi connectivity index (χ2v) is 8.75. The quantitative estimate of drug-likeness (QED) is 0.511. The summed E-state index contributed by atoms with van der Waals surface area (Å²) in [6, 6.07) is 12.2. The second kappa shape index (κ2) is 11.0. The lowest BCUT2D eigenvalue weighted by Gasteiger charge is -2.30. The summed E-state index contributed by atoms with van der Waals surface area (Å²) in [5.41, 5.74) is 1.48. The molecule has 4 nitrogen and oxygen atoms in total. The predicted molar refractivity (Wildman–Crippen MR) is 122 cm³/mol. The van der Waals surface area contributed by atoms with Crippen molar-refractivity contribution in [3.8, 4) is 0 Å². The molecule has 0 aliphatic heterocycles. The van der Waals surface area contributed by atoms with E-state index in [4.69, 9.17) is 23.2 Å². The average molecular weight is 500 g/mol. The molecule has 0 saturated heterocycles. The molecule has 2 rings (SSSR count). The summed E-state index contributed by atoms with van der Waals surface area (Å²) in [6.45, 7) is 5.98. The van der Waals surface area contributed by atoms with Crippen molar-refractivity contribution in [2.45, 2.75) is 52.2 Å². The molecule has 0 aromatic heterocycles. The summed E-state index contributed by atoms with van der Waals surface area (Å²) < 4.78 is 0.910. The highest BCUT2D eigenvalue weighted by Gasteiger charge is 2.27. The highest BCUT2D eigenvalue weighted by atomic mass is 79.9. The largest absolute Gasteiger partial charge is 0.352 e. The summed E-state index contributed by atoms with van der Waals surface area (Å²) in [5.74, 6) is -0.403. The molecule has 2 amide bonds. The Hall–Kier alpha value is -1.56. The van der Waals surface area contributed by atoms with E-state index in [9.17, 15) is 9.59 Å². The summed E-state index contributed by atoms with van der Waals surface area (Å²) in [6.07, 6.45) is 0.834. The van der Waals surface area contributed by atoms with Crippen LogP contribution in [-0.2, 0) is 22.6 Å². The summed E-state index contributed by atoms with van der Waals surface area (Å²) in [4.78, 5) is 27.5. The van der Waals surface area contributed by atoms with Crippen LogP contribution in [-0.4, -0.2) is 28.8 Å². The molecule has 0 heterocycles. The Kier molecular flexibility index (Phi) is 9.00. The van der Waals surface area contributed by atoms with Crippen LogP contribution in [0.2, 0.25) is 10.0 Å². The Morgan fingerprint density at radius 2 is 1.72 bits per heavy atom. The number of rotatable bonds is 8. The van der Waals surface area contributed by atoms with Crippen LogP contribution in [0.1, 0.15) is 38.3 Å².